The van der Waals surface area contributed by atoms with Crippen LogP contribution in [0.15, 0.2) is 20.9 Å². The van der Waals surface area contributed by atoms with Gasteiger partial charge in [0.15, 0.2) is 5.82 Å². The van der Waals surface area contributed by atoms with Crippen molar-refractivity contribution in [3.8, 4) is 0 Å². The molecule has 0 aliphatic heterocycles. The molecule has 0 spiro atoms. The lowest BCUT2D eigenvalue weighted by molar-refractivity contribution is -0.118. The average molecular weight is 372 g/mol. The molecule has 1 amide bonds. The van der Waals surface area contributed by atoms with E-state index in [1.807, 2.05) is 6.92 Å². The minimum Gasteiger partial charge on any atom is -0.356 e. The molecule has 0 aromatic carbocycles. The molecule has 10 heteroatoms. The Morgan fingerprint density at radius 3 is 2.75 bits per heavy atom. The van der Waals surface area contributed by atoms with Gasteiger partial charge < -0.3 is 9.84 Å². The van der Waals surface area contributed by atoms with Crippen LogP contribution in [0.25, 0.3) is 0 Å². The van der Waals surface area contributed by atoms with Crippen LogP contribution in [-0.2, 0) is 21.2 Å². The second kappa shape index (κ2) is 7.86. The summed E-state index contributed by atoms with van der Waals surface area (Å²) >= 11 is 1.18. The predicted octanol–water partition coefficient (Wildman–Crippen LogP) is 1.55. The molecule has 0 fully saturated rings. The lowest BCUT2D eigenvalue weighted by Gasteiger charge is -2.12. The van der Waals surface area contributed by atoms with E-state index < -0.39 is 16.1 Å². The van der Waals surface area contributed by atoms with Gasteiger partial charge in [-0.3, -0.25) is 4.79 Å². The minimum absolute atomic E-state index is 0.109. The Labute approximate surface area is 144 Å². The zero-order valence-electron chi connectivity index (χ0n) is 13.7. The molecule has 1 atom stereocenters. The van der Waals surface area contributed by atoms with E-state index in [1.165, 1.54) is 18.3 Å². The summed E-state index contributed by atoms with van der Waals surface area (Å²) in [4.78, 5) is 15.8. The fourth-order valence-corrected chi connectivity index (χ4v) is 4.67. The average Bonchev–Trinajstić information content (AvgIpc) is 3.14. The number of aryl methyl sites for hydroxylation is 1. The Morgan fingerprint density at radius 2 is 2.17 bits per heavy atom. The van der Waals surface area contributed by atoms with Gasteiger partial charge in [0.25, 0.3) is 10.0 Å². The number of thiophene rings is 1. The molecule has 132 valence electrons. The molecule has 2 rings (SSSR count). The van der Waals surface area contributed by atoms with Crippen LogP contribution in [0.3, 0.4) is 0 Å². The van der Waals surface area contributed by atoms with Crippen LogP contribution in [0.5, 0.6) is 0 Å². The number of carbonyl (C=O) groups excluding carboxylic acids is 1. The molecule has 0 radical (unpaired) electrons. The van der Waals surface area contributed by atoms with Crippen molar-refractivity contribution in [2.24, 2.45) is 0 Å². The molecule has 0 saturated heterocycles. The topological polar surface area (TPSA) is 114 Å². The number of hydrogen-bond donors (Lipinski definition) is 2. The molecule has 0 unspecified atom stereocenters. The smallest absolute Gasteiger partial charge is 0.250 e. The highest BCUT2D eigenvalue weighted by atomic mass is 32.2. The fraction of sp³-hybridized carbons (Fsp3) is 0.500. The second-order valence-corrected chi connectivity index (χ2v) is 8.32. The number of carbonyl (C=O) groups is 1. The highest BCUT2D eigenvalue weighted by Crippen LogP contribution is 2.24. The number of amides is 1. The molecular weight excluding hydrogens is 352 g/mol. The van der Waals surface area contributed by atoms with E-state index in [0.717, 1.165) is 4.88 Å². The van der Waals surface area contributed by atoms with Crippen molar-refractivity contribution < 1.29 is 17.7 Å². The zero-order valence-corrected chi connectivity index (χ0v) is 15.3. The highest BCUT2D eigenvalue weighted by Gasteiger charge is 2.25. The summed E-state index contributed by atoms with van der Waals surface area (Å²) in [5, 5.41) is 6.46. The standard InChI is InChI=1S/C14H20N4O4S2/c1-4-12(14-16-10(3)22-17-14)18-24(20,21)13-6-5-11(23-13)7-8-15-9(2)19/h5-6,12,18H,4,7-8H2,1-3H3,(H,15,19)/t12-/m0/s1. The van der Waals surface area contributed by atoms with Crippen LogP contribution in [-0.4, -0.2) is 31.0 Å². The van der Waals surface area contributed by atoms with Gasteiger partial charge in [-0.2, -0.15) is 9.71 Å². The molecule has 2 N–H and O–H groups in total. The quantitative estimate of drug-likeness (QED) is 0.726. The molecule has 2 aromatic heterocycles. The molecule has 8 nitrogen and oxygen atoms in total. The molecule has 0 aliphatic rings. The fourth-order valence-electron chi connectivity index (χ4n) is 2.02. The van der Waals surface area contributed by atoms with Gasteiger partial charge >= 0.3 is 0 Å². The van der Waals surface area contributed by atoms with E-state index in [0.29, 0.717) is 31.1 Å². The van der Waals surface area contributed by atoms with Gasteiger partial charge in [-0.05, 0) is 25.0 Å². The van der Waals surface area contributed by atoms with Crippen LogP contribution < -0.4 is 10.0 Å². The van der Waals surface area contributed by atoms with Crippen molar-refractivity contribution in [2.45, 2.75) is 43.9 Å². The van der Waals surface area contributed by atoms with Crippen LogP contribution in [0.1, 0.15) is 42.9 Å². The summed E-state index contributed by atoms with van der Waals surface area (Å²) < 4.78 is 32.8. The van der Waals surface area contributed by atoms with E-state index in [-0.39, 0.29) is 10.1 Å². The lowest BCUT2D eigenvalue weighted by atomic mass is 10.2. The second-order valence-electron chi connectivity index (χ2n) is 5.21. The molecule has 24 heavy (non-hydrogen) atoms. The summed E-state index contributed by atoms with van der Waals surface area (Å²) in [5.41, 5.74) is 0. The molecule has 2 aromatic rings. The van der Waals surface area contributed by atoms with E-state index in [9.17, 15) is 13.2 Å². The molecule has 0 bridgehead atoms. The van der Waals surface area contributed by atoms with Crippen LogP contribution in [0, 0.1) is 6.92 Å². The van der Waals surface area contributed by atoms with Gasteiger partial charge in [0.05, 0.1) is 6.04 Å². The number of nitrogens with one attached hydrogen (secondary N) is 2. The van der Waals surface area contributed by atoms with Gasteiger partial charge in [-0.15, -0.1) is 11.3 Å². The van der Waals surface area contributed by atoms with Crippen LogP contribution in [0.2, 0.25) is 0 Å². The van der Waals surface area contributed by atoms with Crippen LogP contribution >= 0.6 is 11.3 Å². The number of sulfonamides is 1. The van der Waals surface area contributed by atoms with Crippen molar-refractivity contribution in [3.63, 3.8) is 0 Å². The van der Waals surface area contributed by atoms with Crippen molar-refractivity contribution in [1.29, 1.82) is 0 Å². The third-order valence-electron chi connectivity index (χ3n) is 3.21. The molecule has 0 aliphatic carbocycles. The number of hydrogen-bond acceptors (Lipinski definition) is 7. The Hall–Kier alpha value is -1.78. The first-order valence-electron chi connectivity index (χ1n) is 7.47. The third kappa shape index (κ3) is 4.86. The predicted molar refractivity (Wildman–Crippen MR) is 89.1 cm³/mol. The summed E-state index contributed by atoms with van der Waals surface area (Å²) in [6.45, 7) is 5.41. The van der Waals surface area contributed by atoms with E-state index in [1.54, 1.807) is 19.1 Å². The first-order valence-corrected chi connectivity index (χ1v) is 9.77. The van der Waals surface area contributed by atoms with Gasteiger partial charge in [0, 0.05) is 25.3 Å². The maximum absolute atomic E-state index is 12.5. The Balaban J connectivity index is 2.06. The van der Waals surface area contributed by atoms with Crippen LogP contribution in [0.4, 0.5) is 0 Å². The molecule has 2 heterocycles. The maximum Gasteiger partial charge on any atom is 0.250 e. The molecular formula is C14H20N4O4S2. The number of rotatable bonds is 8. The largest absolute Gasteiger partial charge is 0.356 e. The van der Waals surface area contributed by atoms with E-state index in [2.05, 4.69) is 20.2 Å². The maximum atomic E-state index is 12.5. The molecule has 0 saturated carbocycles. The normalized spacial score (nSPS) is 13.0. The van der Waals surface area contributed by atoms with Gasteiger partial charge in [0.2, 0.25) is 11.8 Å². The SMILES string of the molecule is CC[C@H](NS(=O)(=O)c1ccc(CCNC(C)=O)s1)c1noc(C)n1. The first-order chi connectivity index (χ1) is 11.3. The lowest BCUT2D eigenvalue weighted by Crippen LogP contribution is -2.28. The van der Waals surface area contributed by atoms with Gasteiger partial charge in [-0.25, -0.2) is 8.42 Å². The van der Waals surface area contributed by atoms with E-state index >= 15 is 0 Å². The zero-order chi connectivity index (χ0) is 17.7. The van der Waals surface area contributed by atoms with Crippen molar-refractivity contribution in [1.82, 2.24) is 20.2 Å². The monoisotopic (exact) mass is 372 g/mol. The van der Waals surface area contributed by atoms with Crippen molar-refractivity contribution >= 4 is 27.3 Å². The van der Waals surface area contributed by atoms with E-state index in [4.69, 9.17) is 4.52 Å². The van der Waals surface area contributed by atoms with Crippen molar-refractivity contribution in [3.05, 3.63) is 28.7 Å². The third-order valence-corrected chi connectivity index (χ3v) is 6.32. The Kier molecular flexibility index (Phi) is 6.08. The first kappa shape index (κ1) is 18.6. The Bertz CT molecular complexity index is 797. The summed E-state index contributed by atoms with van der Waals surface area (Å²) in [7, 11) is -3.67. The number of nitrogens with zero attached hydrogens (tertiary/aromatic N) is 2. The van der Waals surface area contributed by atoms with Gasteiger partial charge in [0.1, 0.15) is 4.21 Å². The highest BCUT2D eigenvalue weighted by molar-refractivity contribution is 7.91. The Morgan fingerprint density at radius 1 is 1.42 bits per heavy atom. The van der Waals surface area contributed by atoms with Gasteiger partial charge in [-0.1, -0.05) is 12.1 Å². The summed E-state index contributed by atoms with van der Waals surface area (Å²) in [6.07, 6.45) is 1.08. The minimum atomic E-state index is -3.67. The number of aromatic nitrogens is 2. The van der Waals surface area contributed by atoms with Crippen molar-refractivity contribution in [2.75, 3.05) is 6.54 Å². The summed E-state index contributed by atoms with van der Waals surface area (Å²) in [5.74, 6) is 0.599. The summed E-state index contributed by atoms with van der Waals surface area (Å²) in [6, 6.07) is 2.77.